The lowest BCUT2D eigenvalue weighted by atomic mass is 10.2. The molecule has 3 nitrogen and oxygen atoms in total. The van der Waals surface area contributed by atoms with Gasteiger partial charge in [0.15, 0.2) is 0 Å². The molecule has 12 heavy (non-hydrogen) atoms. The molecule has 3 heteroatoms. The smallest absolute Gasteiger partial charge is 0.136 e. The number of hydrogen-bond donors (Lipinski definition) is 1. The summed E-state index contributed by atoms with van der Waals surface area (Å²) in [5, 5.41) is 9.69. The van der Waals surface area contributed by atoms with Gasteiger partial charge in [-0.2, -0.15) is 5.26 Å². The van der Waals surface area contributed by atoms with Crippen molar-refractivity contribution in [2.75, 3.05) is 0 Å². The van der Waals surface area contributed by atoms with Gasteiger partial charge in [0.25, 0.3) is 0 Å². The van der Waals surface area contributed by atoms with Crippen LogP contribution in [0.2, 0.25) is 0 Å². The molecular weight excluding hydrogens is 150 g/mol. The first-order valence-electron chi connectivity index (χ1n) is 3.71. The fraction of sp³-hybridized carbons (Fsp3) is 0.111. The lowest BCUT2D eigenvalue weighted by Gasteiger charge is -1.83. The average Bonchev–Trinajstić information content (AvgIpc) is 2.46. The molecule has 0 spiro atoms. The molecule has 1 aliphatic rings. The van der Waals surface area contributed by atoms with Crippen molar-refractivity contribution >= 4 is 6.08 Å². The standard InChI is InChI=1S/C9H7N3/c10-5-7-1-2-8-3-4-11-9(8)12-6-7/h2-4,6H,1H2,(H,11,12). The Balaban J connectivity index is 2.63. The van der Waals surface area contributed by atoms with E-state index in [1.807, 2.05) is 18.3 Å². The van der Waals surface area contributed by atoms with Crippen LogP contribution < -0.4 is 10.7 Å². The van der Waals surface area contributed by atoms with E-state index in [-0.39, 0.29) is 0 Å². The van der Waals surface area contributed by atoms with Crippen LogP contribution in [0.5, 0.6) is 0 Å². The summed E-state index contributed by atoms with van der Waals surface area (Å²) in [4.78, 5) is 7.12. The summed E-state index contributed by atoms with van der Waals surface area (Å²) < 4.78 is 0. The van der Waals surface area contributed by atoms with Crippen LogP contribution in [0.4, 0.5) is 0 Å². The minimum atomic E-state index is 0.671. The first-order chi connectivity index (χ1) is 5.90. The SMILES string of the molecule is N#CC1=CN=c2[nH]ccc2=CC1. The van der Waals surface area contributed by atoms with Crippen molar-refractivity contribution in [3.8, 4) is 6.07 Å². The van der Waals surface area contributed by atoms with E-state index in [0.29, 0.717) is 12.0 Å². The molecule has 1 aromatic rings. The van der Waals surface area contributed by atoms with Crippen LogP contribution in [-0.2, 0) is 0 Å². The monoisotopic (exact) mass is 157 g/mol. The first-order valence-corrected chi connectivity index (χ1v) is 3.71. The Bertz CT molecular complexity index is 471. The highest BCUT2D eigenvalue weighted by molar-refractivity contribution is 5.36. The Labute approximate surface area is 69.4 Å². The third-order valence-corrected chi connectivity index (χ3v) is 1.79. The number of aromatic nitrogens is 1. The number of nitrogens with one attached hydrogen (secondary N) is 1. The van der Waals surface area contributed by atoms with Crippen molar-refractivity contribution in [3.63, 3.8) is 0 Å². The van der Waals surface area contributed by atoms with E-state index in [2.05, 4.69) is 16.0 Å². The molecule has 2 rings (SSSR count). The molecule has 0 radical (unpaired) electrons. The number of allylic oxidation sites excluding steroid dienone is 1. The lowest BCUT2D eigenvalue weighted by molar-refractivity contribution is 1.18. The molecule has 0 amide bonds. The number of aromatic amines is 1. The van der Waals surface area contributed by atoms with E-state index in [4.69, 9.17) is 5.26 Å². The van der Waals surface area contributed by atoms with Gasteiger partial charge in [-0.25, -0.2) is 4.99 Å². The minimum absolute atomic E-state index is 0.671. The highest BCUT2D eigenvalue weighted by atomic mass is 14.8. The van der Waals surface area contributed by atoms with Crippen molar-refractivity contribution in [1.29, 1.82) is 5.26 Å². The Morgan fingerprint density at radius 2 is 2.50 bits per heavy atom. The summed E-state index contributed by atoms with van der Waals surface area (Å²) in [5.41, 5.74) is 1.53. The van der Waals surface area contributed by atoms with E-state index in [1.54, 1.807) is 6.20 Å². The zero-order chi connectivity index (χ0) is 8.39. The molecule has 0 aromatic carbocycles. The zero-order valence-corrected chi connectivity index (χ0v) is 6.41. The number of fused-ring (bicyclic) bond motifs is 1. The van der Waals surface area contributed by atoms with Gasteiger partial charge < -0.3 is 4.98 Å². The van der Waals surface area contributed by atoms with Crippen LogP contribution in [0.15, 0.2) is 29.0 Å². The quantitative estimate of drug-likeness (QED) is 0.575. The predicted molar refractivity (Wildman–Crippen MR) is 44.4 cm³/mol. The number of hydrogen-bond acceptors (Lipinski definition) is 2. The van der Waals surface area contributed by atoms with Crippen LogP contribution >= 0.6 is 0 Å². The molecule has 0 unspecified atom stereocenters. The van der Waals surface area contributed by atoms with E-state index >= 15 is 0 Å². The van der Waals surface area contributed by atoms with Crippen LogP contribution in [0.1, 0.15) is 6.42 Å². The van der Waals surface area contributed by atoms with Gasteiger partial charge in [0.1, 0.15) is 5.49 Å². The molecule has 0 saturated heterocycles. The Hall–Kier alpha value is -1.82. The predicted octanol–water partition coefficient (Wildman–Crippen LogP) is 0.226. The van der Waals surface area contributed by atoms with Gasteiger partial charge in [-0.05, 0) is 6.07 Å². The van der Waals surface area contributed by atoms with Gasteiger partial charge in [-0.15, -0.1) is 0 Å². The van der Waals surface area contributed by atoms with Crippen LogP contribution in [0.3, 0.4) is 0 Å². The van der Waals surface area contributed by atoms with Crippen LogP contribution in [-0.4, -0.2) is 4.98 Å². The second-order valence-electron chi connectivity index (χ2n) is 2.59. The fourth-order valence-corrected chi connectivity index (χ4v) is 1.14. The average molecular weight is 157 g/mol. The molecule has 2 heterocycles. The zero-order valence-electron chi connectivity index (χ0n) is 6.41. The molecule has 1 N–H and O–H groups in total. The second-order valence-corrected chi connectivity index (χ2v) is 2.59. The maximum atomic E-state index is 8.62. The van der Waals surface area contributed by atoms with Crippen molar-refractivity contribution in [3.05, 3.63) is 34.7 Å². The van der Waals surface area contributed by atoms with Crippen molar-refractivity contribution < 1.29 is 0 Å². The van der Waals surface area contributed by atoms with E-state index < -0.39 is 0 Å². The van der Waals surface area contributed by atoms with Crippen molar-refractivity contribution in [2.45, 2.75) is 6.42 Å². The molecular formula is C9H7N3. The van der Waals surface area contributed by atoms with Crippen molar-refractivity contribution in [2.24, 2.45) is 4.99 Å². The number of nitriles is 1. The molecule has 0 aliphatic carbocycles. The largest absolute Gasteiger partial charge is 0.346 e. The van der Waals surface area contributed by atoms with Crippen molar-refractivity contribution in [1.82, 2.24) is 4.98 Å². The normalized spacial score (nSPS) is 14.4. The molecule has 0 bridgehead atoms. The van der Waals surface area contributed by atoms with Gasteiger partial charge in [0, 0.05) is 24.0 Å². The third-order valence-electron chi connectivity index (χ3n) is 1.79. The number of rotatable bonds is 0. The Morgan fingerprint density at radius 3 is 3.33 bits per heavy atom. The molecule has 1 aromatic heterocycles. The maximum absolute atomic E-state index is 8.62. The summed E-state index contributed by atoms with van der Waals surface area (Å²) in [6.45, 7) is 0. The summed E-state index contributed by atoms with van der Waals surface area (Å²) >= 11 is 0. The molecule has 58 valence electrons. The highest BCUT2D eigenvalue weighted by Gasteiger charge is 1.96. The van der Waals surface area contributed by atoms with Gasteiger partial charge in [0.05, 0.1) is 11.6 Å². The lowest BCUT2D eigenvalue weighted by Crippen LogP contribution is -2.21. The molecule has 0 atom stereocenters. The van der Waals surface area contributed by atoms with Gasteiger partial charge in [-0.1, -0.05) is 6.08 Å². The molecule has 1 aliphatic heterocycles. The summed E-state index contributed by atoms with van der Waals surface area (Å²) in [5.74, 6) is 0. The Morgan fingerprint density at radius 1 is 1.58 bits per heavy atom. The van der Waals surface area contributed by atoms with Gasteiger partial charge >= 0.3 is 0 Å². The van der Waals surface area contributed by atoms with E-state index in [9.17, 15) is 0 Å². The Kier molecular flexibility index (Phi) is 1.52. The third kappa shape index (κ3) is 1.04. The maximum Gasteiger partial charge on any atom is 0.136 e. The highest BCUT2D eigenvalue weighted by Crippen LogP contribution is 2.01. The molecule has 0 saturated carbocycles. The van der Waals surface area contributed by atoms with Crippen LogP contribution in [0.25, 0.3) is 6.08 Å². The first kappa shape index (κ1) is 6.86. The fourth-order valence-electron chi connectivity index (χ4n) is 1.14. The molecule has 0 fully saturated rings. The second kappa shape index (κ2) is 2.67. The number of nitrogens with zero attached hydrogens (tertiary/aromatic N) is 2. The van der Waals surface area contributed by atoms with E-state index in [0.717, 1.165) is 10.7 Å². The minimum Gasteiger partial charge on any atom is -0.346 e. The summed E-state index contributed by atoms with van der Waals surface area (Å²) in [6, 6.07) is 4.04. The summed E-state index contributed by atoms with van der Waals surface area (Å²) in [6.07, 6.45) is 6.12. The van der Waals surface area contributed by atoms with Gasteiger partial charge in [0.2, 0.25) is 0 Å². The topological polar surface area (TPSA) is 51.9 Å². The van der Waals surface area contributed by atoms with Gasteiger partial charge in [-0.3, -0.25) is 0 Å². The van der Waals surface area contributed by atoms with E-state index in [1.165, 1.54) is 0 Å². The number of H-pyrrole nitrogens is 1. The van der Waals surface area contributed by atoms with Crippen LogP contribution in [0, 0.1) is 11.3 Å². The summed E-state index contributed by atoms with van der Waals surface area (Å²) in [7, 11) is 0.